The Bertz CT molecular complexity index is 1340. The first-order chi connectivity index (χ1) is 16.9. The highest BCUT2D eigenvalue weighted by Gasteiger charge is 2.19. The van der Waals surface area contributed by atoms with Crippen LogP contribution in [0.2, 0.25) is 0 Å². The van der Waals surface area contributed by atoms with E-state index in [0.717, 1.165) is 22.4 Å². The van der Waals surface area contributed by atoms with E-state index in [-0.39, 0.29) is 11.3 Å². The summed E-state index contributed by atoms with van der Waals surface area (Å²) in [5.74, 6) is -1.16. The Morgan fingerprint density at radius 3 is 2.11 bits per heavy atom. The SMILES string of the molecule is CN(C)c1ccc(C(=O)Nc2cc(-c3ccccc3)ccc2C(=O)O)c(OCc2ccccc2)c1. The molecule has 0 aliphatic carbocycles. The lowest BCUT2D eigenvalue weighted by Crippen LogP contribution is -2.17. The van der Waals surface area contributed by atoms with Crippen molar-refractivity contribution in [2.24, 2.45) is 0 Å². The van der Waals surface area contributed by atoms with E-state index in [2.05, 4.69) is 5.32 Å². The van der Waals surface area contributed by atoms with Gasteiger partial charge in [-0.2, -0.15) is 0 Å². The zero-order valence-electron chi connectivity index (χ0n) is 19.6. The van der Waals surface area contributed by atoms with Gasteiger partial charge in [-0.3, -0.25) is 4.79 Å². The summed E-state index contributed by atoms with van der Waals surface area (Å²) in [6.45, 7) is 0.294. The zero-order valence-corrected chi connectivity index (χ0v) is 19.6. The van der Waals surface area contributed by atoms with E-state index in [4.69, 9.17) is 4.74 Å². The van der Waals surface area contributed by atoms with E-state index in [1.54, 1.807) is 24.3 Å². The second kappa shape index (κ2) is 10.6. The topological polar surface area (TPSA) is 78.9 Å². The van der Waals surface area contributed by atoms with Crippen molar-refractivity contribution in [3.05, 3.63) is 114 Å². The van der Waals surface area contributed by atoms with Crippen LogP contribution < -0.4 is 15.0 Å². The molecule has 4 rings (SSSR count). The minimum Gasteiger partial charge on any atom is -0.488 e. The molecule has 6 heteroatoms. The van der Waals surface area contributed by atoms with Crippen molar-refractivity contribution >= 4 is 23.3 Å². The summed E-state index contributed by atoms with van der Waals surface area (Å²) in [5, 5.41) is 12.5. The number of carboxylic acids is 1. The molecule has 0 radical (unpaired) electrons. The molecular formula is C29H26N2O4. The van der Waals surface area contributed by atoms with Crippen molar-refractivity contribution in [3.63, 3.8) is 0 Å². The molecule has 0 unspecified atom stereocenters. The van der Waals surface area contributed by atoms with Crippen LogP contribution in [-0.2, 0) is 6.61 Å². The van der Waals surface area contributed by atoms with Crippen LogP contribution in [0.3, 0.4) is 0 Å². The normalized spacial score (nSPS) is 10.5. The molecule has 0 bridgehead atoms. The van der Waals surface area contributed by atoms with Crippen molar-refractivity contribution in [1.29, 1.82) is 0 Å². The van der Waals surface area contributed by atoms with Gasteiger partial charge in [-0.25, -0.2) is 4.79 Å². The lowest BCUT2D eigenvalue weighted by molar-refractivity contribution is 0.0698. The number of anilines is 2. The molecule has 4 aromatic rings. The molecule has 0 saturated heterocycles. The van der Waals surface area contributed by atoms with E-state index in [1.807, 2.05) is 85.7 Å². The van der Waals surface area contributed by atoms with Crippen LogP contribution in [0.1, 0.15) is 26.3 Å². The molecule has 0 spiro atoms. The lowest BCUT2D eigenvalue weighted by atomic mass is 10.0. The number of carbonyl (C=O) groups is 2. The fourth-order valence-electron chi connectivity index (χ4n) is 3.67. The number of carbonyl (C=O) groups excluding carboxylic acids is 1. The maximum Gasteiger partial charge on any atom is 0.337 e. The minimum absolute atomic E-state index is 0.00898. The second-order valence-corrected chi connectivity index (χ2v) is 8.23. The fourth-order valence-corrected chi connectivity index (χ4v) is 3.67. The number of nitrogens with one attached hydrogen (secondary N) is 1. The number of carboxylic acid groups (broad SMARTS) is 1. The molecule has 4 aromatic carbocycles. The van der Waals surface area contributed by atoms with Gasteiger partial charge >= 0.3 is 5.97 Å². The molecule has 2 N–H and O–H groups in total. The van der Waals surface area contributed by atoms with Gasteiger partial charge in [0.05, 0.1) is 16.8 Å². The van der Waals surface area contributed by atoms with Gasteiger partial charge in [-0.15, -0.1) is 0 Å². The first kappa shape index (κ1) is 23.6. The van der Waals surface area contributed by atoms with E-state index >= 15 is 0 Å². The highest BCUT2D eigenvalue weighted by atomic mass is 16.5. The van der Waals surface area contributed by atoms with Gasteiger partial charge in [-0.1, -0.05) is 66.7 Å². The van der Waals surface area contributed by atoms with Gasteiger partial charge in [-0.05, 0) is 41.0 Å². The van der Waals surface area contributed by atoms with E-state index in [1.165, 1.54) is 6.07 Å². The molecule has 35 heavy (non-hydrogen) atoms. The number of aromatic carboxylic acids is 1. The minimum atomic E-state index is -1.12. The van der Waals surface area contributed by atoms with Crippen LogP contribution in [0.25, 0.3) is 11.1 Å². The number of benzene rings is 4. The highest BCUT2D eigenvalue weighted by Crippen LogP contribution is 2.29. The summed E-state index contributed by atoms with van der Waals surface area (Å²) in [5.41, 5.74) is 4.11. The van der Waals surface area contributed by atoms with E-state index < -0.39 is 11.9 Å². The Hall–Kier alpha value is -4.58. The predicted octanol–water partition coefficient (Wildman–Crippen LogP) is 5.95. The third-order valence-corrected chi connectivity index (χ3v) is 5.57. The van der Waals surface area contributed by atoms with Crippen LogP contribution in [0, 0.1) is 0 Å². The number of rotatable bonds is 8. The van der Waals surface area contributed by atoms with Gasteiger partial charge in [0.15, 0.2) is 0 Å². The fraction of sp³-hybridized carbons (Fsp3) is 0.103. The number of hydrogen-bond acceptors (Lipinski definition) is 4. The molecule has 176 valence electrons. The average Bonchev–Trinajstić information content (AvgIpc) is 2.88. The van der Waals surface area contributed by atoms with Gasteiger partial charge in [0, 0.05) is 25.8 Å². The molecule has 0 atom stereocenters. The Morgan fingerprint density at radius 2 is 1.46 bits per heavy atom. The van der Waals surface area contributed by atoms with Crippen molar-refractivity contribution < 1.29 is 19.4 Å². The smallest absolute Gasteiger partial charge is 0.337 e. The first-order valence-corrected chi connectivity index (χ1v) is 11.1. The third kappa shape index (κ3) is 5.68. The lowest BCUT2D eigenvalue weighted by Gasteiger charge is -2.18. The van der Waals surface area contributed by atoms with E-state index in [0.29, 0.717) is 17.9 Å². The van der Waals surface area contributed by atoms with Crippen LogP contribution in [0.15, 0.2) is 97.1 Å². The number of hydrogen-bond donors (Lipinski definition) is 2. The quantitative estimate of drug-likeness (QED) is 0.336. The number of ether oxygens (including phenoxy) is 1. The summed E-state index contributed by atoms with van der Waals surface area (Å²) in [7, 11) is 3.81. The Labute approximate surface area is 204 Å². The number of amides is 1. The molecule has 0 aliphatic heterocycles. The Morgan fingerprint density at radius 1 is 0.800 bits per heavy atom. The summed E-state index contributed by atoms with van der Waals surface area (Å²) in [6, 6.07) is 29.5. The van der Waals surface area contributed by atoms with Crippen LogP contribution in [0.4, 0.5) is 11.4 Å². The Kier molecular flexibility index (Phi) is 7.12. The maximum absolute atomic E-state index is 13.4. The first-order valence-electron chi connectivity index (χ1n) is 11.1. The van der Waals surface area contributed by atoms with Crippen molar-refractivity contribution in [2.75, 3.05) is 24.3 Å². The van der Waals surface area contributed by atoms with Crippen LogP contribution in [-0.4, -0.2) is 31.1 Å². The summed E-state index contributed by atoms with van der Waals surface area (Å²) >= 11 is 0. The van der Waals surface area contributed by atoms with Gasteiger partial charge in [0.2, 0.25) is 0 Å². The Balaban J connectivity index is 1.66. The molecular weight excluding hydrogens is 440 g/mol. The molecule has 0 aromatic heterocycles. The molecule has 6 nitrogen and oxygen atoms in total. The van der Waals surface area contributed by atoms with Crippen LogP contribution in [0.5, 0.6) is 5.75 Å². The maximum atomic E-state index is 13.4. The van der Waals surface area contributed by atoms with Crippen molar-refractivity contribution in [3.8, 4) is 16.9 Å². The summed E-state index contributed by atoms with van der Waals surface area (Å²) in [6.07, 6.45) is 0. The number of nitrogens with zero attached hydrogens (tertiary/aromatic N) is 1. The predicted molar refractivity (Wildman–Crippen MR) is 138 cm³/mol. The van der Waals surface area contributed by atoms with Crippen LogP contribution >= 0.6 is 0 Å². The third-order valence-electron chi connectivity index (χ3n) is 5.57. The van der Waals surface area contributed by atoms with E-state index in [9.17, 15) is 14.7 Å². The molecule has 0 fully saturated rings. The van der Waals surface area contributed by atoms with Crippen molar-refractivity contribution in [2.45, 2.75) is 6.61 Å². The molecule has 0 aliphatic rings. The largest absolute Gasteiger partial charge is 0.488 e. The summed E-state index contributed by atoms with van der Waals surface area (Å²) in [4.78, 5) is 27.1. The second-order valence-electron chi connectivity index (χ2n) is 8.23. The monoisotopic (exact) mass is 466 g/mol. The van der Waals surface area contributed by atoms with Gasteiger partial charge in [0.1, 0.15) is 12.4 Å². The van der Waals surface area contributed by atoms with Crippen molar-refractivity contribution in [1.82, 2.24) is 0 Å². The highest BCUT2D eigenvalue weighted by molar-refractivity contribution is 6.09. The standard InChI is InChI=1S/C29H26N2O4/c1-31(2)23-14-16-25(27(18-23)35-19-20-9-5-3-6-10-20)28(32)30-26-17-22(13-15-24(26)29(33)34)21-11-7-4-8-12-21/h3-18H,19H2,1-2H3,(H,30,32)(H,33,34). The summed E-state index contributed by atoms with van der Waals surface area (Å²) < 4.78 is 6.04. The molecule has 0 saturated carbocycles. The van der Waals surface area contributed by atoms with Gasteiger partial charge < -0.3 is 20.1 Å². The molecule has 0 heterocycles. The molecule has 1 amide bonds. The zero-order chi connectivity index (χ0) is 24.8. The van der Waals surface area contributed by atoms with Gasteiger partial charge in [0.25, 0.3) is 5.91 Å². The average molecular weight is 467 g/mol.